The van der Waals surface area contributed by atoms with E-state index in [1.807, 2.05) is 0 Å². The molecule has 0 spiro atoms. The zero-order valence-corrected chi connectivity index (χ0v) is 7.40. The van der Waals surface area contributed by atoms with Gasteiger partial charge < -0.3 is 4.98 Å². The van der Waals surface area contributed by atoms with Crippen LogP contribution in [0, 0.1) is 18.6 Å². The van der Waals surface area contributed by atoms with Crippen molar-refractivity contribution in [3.8, 4) is 0 Å². The van der Waals surface area contributed by atoms with Crippen molar-refractivity contribution in [3.63, 3.8) is 0 Å². The second-order valence-corrected chi connectivity index (χ2v) is 3.08. The van der Waals surface area contributed by atoms with E-state index in [-0.39, 0.29) is 11.1 Å². The van der Waals surface area contributed by atoms with E-state index in [9.17, 15) is 13.6 Å². The Morgan fingerprint density at radius 1 is 1.29 bits per heavy atom. The highest BCUT2D eigenvalue weighted by Gasteiger charge is 2.09. The number of hydrogen-bond acceptors (Lipinski definition) is 1. The van der Waals surface area contributed by atoms with Gasteiger partial charge >= 0.3 is 0 Å². The summed E-state index contributed by atoms with van der Waals surface area (Å²) in [5.41, 5.74) is 0.140. The molecule has 14 heavy (non-hydrogen) atoms. The number of hydrogen-bond donors (Lipinski definition) is 1. The molecule has 1 N–H and O–H groups in total. The summed E-state index contributed by atoms with van der Waals surface area (Å²) in [5, 5.41) is 0.487. The fraction of sp³-hybridized carbons (Fsp3) is 0.100. The Hall–Kier alpha value is -1.71. The van der Waals surface area contributed by atoms with Crippen LogP contribution in [-0.4, -0.2) is 4.98 Å². The Balaban J connectivity index is 2.99. The lowest BCUT2D eigenvalue weighted by Crippen LogP contribution is -2.05. The van der Waals surface area contributed by atoms with Crippen LogP contribution < -0.4 is 5.56 Å². The number of rotatable bonds is 0. The van der Waals surface area contributed by atoms with Crippen molar-refractivity contribution in [1.29, 1.82) is 0 Å². The summed E-state index contributed by atoms with van der Waals surface area (Å²) in [6, 6.07) is 3.80. The van der Waals surface area contributed by atoms with Crippen molar-refractivity contribution in [2.45, 2.75) is 6.92 Å². The monoisotopic (exact) mass is 195 g/mol. The third kappa shape index (κ3) is 1.19. The molecular weight excluding hydrogens is 188 g/mol. The van der Waals surface area contributed by atoms with Gasteiger partial charge in [-0.1, -0.05) is 0 Å². The first kappa shape index (κ1) is 8.87. The van der Waals surface area contributed by atoms with Gasteiger partial charge in [-0.25, -0.2) is 8.78 Å². The summed E-state index contributed by atoms with van der Waals surface area (Å²) in [6.45, 7) is 1.43. The summed E-state index contributed by atoms with van der Waals surface area (Å²) in [7, 11) is 0. The van der Waals surface area contributed by atoms with Crippen LogP contribution in [0.25, 0.3) is 10.9 Å². The first-order valence-corrected chi connectivity index (χ1v) is 4.07. The zero-order valence-electron chi connectivity index (χ0n) is 7.40. The van der Waals surface area contributed by atoms with E-state index in [0.29, 0.717) is 10.9 Å². The van der Waals surface area contributed by atoms with E-state index in [1.54, 1.807) is 0 Å². The number of aromatic amines is 1. The molecule has 0 radical (unpaired) electrons. The second kappa shape index (κ2) is 2.90. The molecule has 1 aromatic carbocycles. The molecule has 0 saturated carbocycles. The lowest BCUT2D eigenvalue weighted by molar-refractivity contribution is 0.505. The molecule has 2 nitrogen and oxygen atoms in total. The Morgan fingerprint density at radius 2 is 2.00 bits per heavy atom. The number of nitrogens with one attached hydrogen (secondary N) is 1. The summed E-state index contributed by atoms with van der Waals surface area (Å²) in [4.78, 5) is 13.4. The van der Waals surface area contributed by atoms with Crippen molar-refractivity contribution < 1.29 is 8.78 Å². The molecule has 0 aliphatic rings. The van der Waals surface area contributed by atoms with Crippen molar-refractivity contribution in [1.82, 2.24) is 4.98 Å². The van der Waals surface area contributed by atoms with Crippen LogP contribution in [0.4, 0.5) is 8.78 Å². The Kier molecular flexibility index (Phi) is 1.84. The third-order valence-corrected chi connectivity index (χ3v) is 2.15. The van der Waals surface area contributed by atoms with Gasteiger partial charge in [0.2, 0.25) is 5.56 Å². The molecule has 0 atom stereocenters. The number of aryl methyl sites for hydroxylation is 1. The molecule has 0 fully saturated rings. The van der Waals surface area contributed by atoms with Gasteiger partial charge in [0.1, 0.15) is 0 Å². The topological polar surface area (TPSA) is 32.9 Å². The predicted molar refractivity (Wildman–Crippen MR) is 49.2 cm³/mol. The molecule has 1 aromatic heterocycles. The standard InChI is InChI=1S/C10H7F2NO/c1-5-9(12)7(11)4-6-2-3-8(14)13-10(5)6/h2-4H,1H3,(H,13,14). The molecule has 72 valence electrons. The highest BCUT2D eigenvalue weighted by atomic mass is 19.2. The largest absolute Gasteiger partial charge is 0.322 e. The fourth-order valence-electron chi connectivity index (χ4n) is 1.41. The van der Waals surface area contributed by atoms with Gasteiger partial charge in [0.25, 0.3) is 0 Å². The summed E-state index contributed by atoms with van der Waals surface area (Å²) < 4.78 is 26.0. The second-order valence-electron chi connectivity index (χ2n) is 3.08. The maximum atomic E-state index is 13.1. The molecule has 2 rings (SSSR count). The van der Waals surface area contributed by atoms with Crippen molar-refractivity contribution in [2.24, 2.45) is 0 Å². The maximum Gasteiger partial charge on any atom is 0.248 e. The SMILES string of the molecule is Cc1c(F)c(F)cc2ccc(=O)[nH]c12. The molecular formula is C10H7F2NO. The van der Waals surface area contributed by atoms with Crippen LogP contribution in [0.2, 0.25) is 0 Å². The van der Waals surface area contributed by atoms with E-state index in [0.717, 1.165) is 6.07 Å². The molecule has 1 heterocycles. The van der Waals surface area contributed by atoms with Crippen LogP contribution in [0.5, 0.6) is 0 Å². The number of H-pyrrole nitrogens is 1. The Bertz CT molecular complexity index is 560. The first-order chi connectivity index (χ1) is 6.59. The van der Waals surface area contributed by atoms with Crippen LogP contribution >= 0.6 is 0 Å². The van der Waals surface area contributed by atoms with E-state index in [2.05, 4.69) is 4.98 Å². The van der Waals surface area contributed by atoms with Crippen LogP contribution in [-0.2, 0) is 0 Å². The van der Waals surface area contributed by atoms with Crippen molar-refractivity contribution >= 4 is 10.9 Å². The van der Waals surface area contributed by atoms with Crippen LogP contribution in [0.3, 0.4) is 0 Å². The molecule has 0 aliphatic heterocycles. The average Bonchev–Trinajstić information content (AvgIpc) is 2.16. The molecule has 0 bridgehead atoms. The number of fused-ring (bicyclic) bond motifs is 1. The number of benzene rings is 1. The zero-order chi connectivity index (χ0) is 10.3. The minimum atomic E-state index is -0.917. The van der Waals surface area contributed by atoms with E-state index >= 15 is 0 Å². The van der Waals surface area contributed by atoms with Gasteiger partial charge in [0.15, 0.2) is 11.6 Å². The van der Waals surface area contributed by atoms with Gasteiger partial charge in [0.05, 0.1) is 5.52 Å². The summed E-state index contributed by atoms with van der Waals surface area (Å²) in [6.07, 6.45) is 0. The minimum absolute atomic E-state index is 0.123. The molecule has 0 unspecified atom stereocenters. The number of halogens is 2. The quantitative estimate of drug-likeness (QED) is 0.686. The molecule has 0 aliphatic carbocycles. The van der Waals surface area contributed by atoms with E-state index < -0.39 is 11.6 Å². The first-order valence-electron chi connectivity index (χ1n) is 4.07. The molecule has 0 saturated heterocycles. The minimum Gasteiger partial charge on any atom is -0.322 e. The lowest BCUT2D eigenvalue weighted by Gasteiger charge is -2.03. The molecule has 4 heteroatoms. The normalized spacial score (nSPS) is 10.8. The number of aromatic nitrogens is 1. The lowest BCUT2D eigenvalue weighted by atomic mass is 10.1. The molecule has 2 aromatic rings. The smallest absolute Gasteiger partial charge is 0.248 e. The van der Waals surface area contributed by atoms with Crippen LogP contribution in [0.1, 0.15) is 5.56 Å². The Morgan fingerprint density at radius 3 is 2.71 bits per heavy atom. The van der Waals surface area contributed by atoms with Gasteiger partial charge in [-0.05, 0) is 19.1 Å². The highest BCUT2D eigenvalue weighted by molar-refractivity contribution is 5.81. The Labute approximate surface area is 78.2 Å². The van der Waals surface area contributed by atoms with Crippen LogP contribution in [0.15, 0.2) is 23.0 Å². The van der Waals surface area contributed by atoms with Crippen molar-refractivity contribution in [2.75, 3.05) is 0 Å². The highest BCUT2D eigenvalue weighted by Crippen LogP contribution is 2.20. The van der Waals surface area contributed by atoms with Gasteiger partial charge in [0, 0.05) is 17.0 Å². The van der Waals surface area contributed by atoms with Gasteiger partial charge in [-0.3, -0.25) is 4.79 Å². The third-order valence-electron chi connectivity index (χ3n) is 2.15. The fourth-order valence-corrected chi connectivity index (χ4v) is 1.41. The number of pyridine rings is 1. The van der Waals surface area contributed by atoms with E-state index in [1.165, 1.54) is 19.1 Å². The molecule has 0 amide bonds. The van der Waals surface area contributed by atoms with Gasteiger partial charge in [-0.15, -0.1) is 0 Å². The predicted octanol–water partition coefficient (Wildman–Crippen LogP) is 2.11. The summed E-state index contributed by atoms with van der Waals surface area (Å²) >= 11 is 0. The van der Waals surface area contributed by atoms with E-state index in [4.69, 9.17) is 0 Å². The summed E-state index contributed by atoms with van der Waals surface area (Å²) in [5.74, 6) is -1.82. The van der Waals surface area contributed by atoms with Crippen molar-refractivity contribution in [3.05, 3.63) is 45.8 Å². The average molecular weight is 195 g/mol. The maximum absolute atomic E-state index is 13.1. The van der Waals surface area contributed by atoms with Gasteiger partial charge in [-0.2, -0.15) is 0 Å².